The molecule has 8 fully saturated rings. The smallest absolute Gasteiger partial charge is 0.381 e. The molecular weight excluding hydrogens is 1950 g/mol. The normalized spacial score (nSPS) is 21.0. The largest absolute Gasteiger partial charge is 0.511 e. The Hall–Kier alpha value is -10.7. The molecule has 4 aromatic carbocycles. The number of nitrogens with zero attached hydrogens (tertiary/aromatic N) is 15. The number of amides is 1. The predicted octanol–water partition coefficient (Wildman–Crippen LogP) is 20.3. The highest BCUT2D eigenvalue weighted by atomic mass is 32.2. The van der Waals surface area contributed by atoms with Crippen LogP contribution in [0, 0.1) is 29.2 Å². The Balaban J connectivity index is 0.000000158. The van der Waals surface area contributed by atoms with Crippen molar-refractivity contribution in [2.24, 2.45) is 5.92 Å². The average Bonchev–Trinajstić information content (AvgIpc) is 0.829. The number of nitrogens with one attached hydrogen (secondary N) is 4. The second-order valence-corrected chi connectivity index (χ2v) is 40.1. The molecule has 25 nitrogen and oxygen atoms in total. The minimum Gasteiger partial charge on any atom is -0.381 e. The van der Waals surface area contributed by atoms with Crippen molar-refractivity contribution in [1.29, 1.82) is 0 Å². The molecule has 8 aliphatic heterocycles. The molecule has 4 aromatic heterocycles. The third-order valence-electron chi connectivity index (χ3n) is 26.7. The van der Waals surface area contributed by atoms with E-state index in [0.29, 0.717) is 105 Å². The quantitative estimate of drug-likeness (QED) is 0.0459. The summed E-state index contributed by atoms with van der Waals surface area (Å²) in [4.78, 5) is 52.1. The van der Waals surface area contributed by atoms with Gasteiger partial charge in [-0.05, 0) is 179 Å². The van der Waals surface area contributed by atoms with E-state index in [-0.39, 0.29) is 186 Å². The summed E-state index contributed by atoms with van der Waals surface area (Å²) in [6.07, 6.45) is -2.03. The van der Waals surface area contributed by atoms with Crippen molar-refractivity contribution in [3.05, 3.63) is 190 Å². The van der Waals surface area contributed by atoms with Crippen LogP contribution in [0.3, 0.4) is 0 Å². The number of halogens is 22. The molecule has 12 heterocycles. The van der Waals surface area contributed by atoms with Gasteiger partial charge in [-0.15, -0.1) is 0 Å². The van der Waals surface area contributed by atoms with Gasteiger partial charge in [0.25, 0.3) is 0 Å². The van der Waals surface area contributed by atoms with Crippen LogP contribution in [0.2, 0.25) is 0 Å². The maximum Gasteiger partial charge on any atom is 0.511 e. The molecule has 772 valence electrons. The Labute approximate surface area is 799 Å². The lowest BCUT2D eigenvalue weighted by Gasteiger charge is -2.37. The van der Waals surface area contributed by atoms with Crippen molar-refractivity contribution < 1.29 is 123 Å². The summed E-state index contributed by atoms with van der Waals surface area (Å²) in [5.74, 6) is -3.66. The summed E-state index contributed by atoms with van der Waals surface area (Å²) in [5.41, 5.74) is -10.6. The maximum atomic E-state index is 15.5. The fourth-order valence-electron chi connectivity index (χ4n) is 18.6. The van der Waals surface area contributed by atoms with Gasteiger partial charge in [-0.3, -0.25) is 4.79 Å². The number of ether oxygens (including phenoxy) is 1. The Bertz CT molecular complexity index is 5720. The molecule has 1 amide bonds. The first-order valence-corrected chi connectivity index (χ1v) is 49.4. The summed E-state index contributed by atoms with van der Waals surface area (Å²) in [6, 6.07) is 18.0. The number of rotatable bonds is 22. The van der Waals surface area contributed by atoms with Crippen LogP contribution in [0.15, 0.2) is 122 Å². The van der Waals surface area contributed by atoms with Crippen LogP contribution < -0.4 is 40.9 Å². The third kappa shape index (κ3) is 27.3. The second kappa shape index (κ2) is 45.1. The molecule has 141 heavy (non-hydrogen) atoms. The fraction of sp³-hybridized carbons (Fsp3) is 0.554. The first-order valence-electron chi connectivity index (χ1n) is 46.1. The first-order chi connectivity index (χ1) is 66.5. The van der Waals surface area contributed by atoms with Crippen molar-refractivity contribution >= 4 is 72.5 Å². The molecule has 16 rings (SSSR count). The number of benzene rings is 4. The van der Waals surface area contributed by atoms with Gasteiger partial charge in [-0.25, -0.2) is 74.2 Å². The second-order valence-electron chi connectivity index (χ2n) is 36.2. The van der Waals surface area contributed by atoms with E-state index in [2.05, 4.69) is 61.1 Å². The Kier molecular flexibility index (Phi) is 34.4. The number of carbonyl (C=O) groups excluding carboxylic acids is 1. The molecule has 0 spiro atoms. The van der Waals surface area contributed by atoms with Crippen molar-refractivity contribution in [2.45, 2.75) is 207 Å². The summed E-state index contributed by atoms with van der Waals surface area (Å²) in [5, 5.41) is 11.1. The van der Waals surface area contributed by atoms with Gasteiger partial charge in [0.2, 0.25) is 39.2 Å². The van der Waals surface area contributed by atoms with Crippen molar-refractivity contribution in [3.8, 4) is 0 Å². The topological polar surface area (TPSA) is 268 Å². The number of anilines is 8. The van der Waals surface area contributed by atoms with E-state index < -0.39 is 113 Å². The van der Waals surface area contributed by atoms with E-state index in [0.717, 1.165) is 119 Å². The predicted molar refractivity (Wildman–Crippen MR) is 481 cm³/mol. The van der Waals surface area contributed by atoms with Crippen LogP contribution in [-0.4, -0.2) is 210 Å². The lowest BCUT2D eigenvalue weighted by atomic mass is 9.93. The fourth-order valence-corrected chi connectivity index (χ4v) is 20.4. The van der Waals surface area contributed by atoms with Crippen LogP contribution in [0.25, 0.3) is 0 Å². The molecule has 0 radical (unpaired) electrons. The van der Waals surface area contributed by atoms with Gasteiger partial charge in [0.05, 0.1) is 72.3 Å². The molecule has 4 N–H and O–H groups in total. The van der Waals surface area contributed by atoms with Gasteiger partial charge in [0.15, 0.2) is 46.5 Å². The molecule has 0 aliphatic carbocycles. The summed E-state index contributed by atoms with van der Waals surface area (Å²) in [7, 11) is -8.78. The number of piperidine rings is 7. The number of hydrogen-bond acceptors (Lipinski definition) is 22. The highest BCUT2D eigenvalue weighted by Gasteiger charge is 2.51. The van der Waals surface area contributed by atoms with Crippen LogP contribution in [-0.2, 0) is 54.3 Å². The minimum absolute atomic E-state index is 0.00168. The van der Waals surface area contributed by atoms with Crippen molar-refractivity contribution in [3.63, 3.8) is 0 Å². The standard InChI is InChI=1S/C24H28F5N5O.C23H26F7N5O2S.C23H28F5N5O2S.C22H25F5N4O/c1-16(35)33-12-9-23(26,10-13-33)14-30-21-20(25)22(32-15-31-21)34-11-3-2-4-19(34)17-5-7-18(8-6-17)24(27,28)29;24-19-20(31-13-15-8-11-34(12-9-15)38(36,37)23(28,29)30)32-14-33-21(19)35-10-2-1-3-18(35)16-4-6-17(7-5-16)22(25,26)27;1-36(34,35)32-12-9-22(25,10-13-32)14-29-20-19(24)21(31-15-30-20)33-11-3-2-4-18(33)16-5-7-17(8-6-16)23(26,27)28;23-18-19(28-13-21(24)8-11-32-12-9-21)29-14-30-20(18)31-10-2-1-3-17(31)15-4-6-16(7-5-15)22(25,26)27/h5-8,15,19H,2-4,9-14H2,1H3,(H,30,31,32);4-7,14-15,18H,1-3,8-13H2,(H,31,32,33);5-8,15,18H,2-4,9-14H2,1H3,(H,29,30,31);4-7,14,17H,1-3,8-13H2,(H,28,29,30). The monoisotopic (exact) mass is 2060 g/mol. The van der Waals surface area contributed by atoms with Gasteiger partial charge in [0, 0.05) is 118 Å². The average molecular weight is 2060 g/mol. The molecular formula is C92H107F22N19O6S2. The zero-order valence-corrected chi connectivity index (χ0v) is 78.3. The Morgan fingerprint density at radius 2 is 0.631 bits per heavy atom. The van der Waals surface area contributed by atoms with E-state index in [4.69, 9.17) is 4.74 Å². The Morgan fingerprint density at radius 3 is 0.894 bits per heavy atom. The molecule has 4 unspecified atom stereocenters. The lowest BCUT2D eigenvalue weighted by Crippen LogP contribution is -2.47. The van der Waals surface area contributed by atoms with Crippen molar-refractivity contribution in [2.75, 3.05) is 152 Å². The zero-order chi connectivity index (χ0) is 102. The highest BCUT2D eigenvalue weighted by Crippen LogP contribution is 2.46. The lowest BCUT2D eigenvalue weighted by molar-refractivity contribution is -0.138. The van der Waals surface area contributed by atoms with Crippen LogP contribution >= 0.6 is 0 Å². The molecule has 49 heteroatoms. The third-order valence-corrected chi connectivity index (χ3v) is 29.7. The van der Waals surface area contributed by atoms with Gasteiger partial charge in [-0.1, -0.05) is 48.5 Å². The molecule has 8 aliphatic rings. The van der Waals surface area contributed by atoms with Crippen LogP contribution in [0.1, 0.15) is 204 Å². The summed E-state index contributed by atoms with van der Waals surface area (Å²) in [6.45, 7) is 3.69. The van der Waals surface area contributed by atoms with Crippen LogP contribution in [0.4, 0.5) is 143 Å². The number of hydrogen-bond donors (Lipinski definition) is 4. The molecule has 0 saturated carbocycles. The van der Waals surface area contributed by atoms with E-state index >= 15 is 26.3 Å². The van der Waals surface area contributed by atoms with Gasteiger partial charge < -0.3 is 50.5 Å². The van der Waals surface area contributed by atoms with Crippen molar-refractivity contribution in [1.82, 2.24) is 53.4 Å². The van der Waals surface area contributed by atoms with Gasteiger partial charge in [-0.2, -0.15) is 87.7 Å². The molecule has 8 aromatic rings. The number of carbonyl (C=O) groups is 1. The Morgan fingerprint density at radius 1 is 0.362 bits per heavy atom. The van der Waals surface area contributed by atoms with E-state index in [1.54, 1.807) is 24.5 Å². The molecule has 0 bridgehead atoms. The number of likely N-dealkylation sites (tertiary alicyclic amines) is 1. The number of sulfonamides is 2. The SMILES string of the molecule is CC(=O)N1CCC(F)(CNc2ncnc(N3CCCCC3c3ccc(C(F)(F)F)cc3)c2F)CC1.CS(=O)(=O)N1CCC(F)(CNc2ncnc(N3CCCCC3c3ccc(C(F)(F)F)cc3)c2F)CC1.Fc1c(NCC2(F)CCOCC2)ncnc1N1CCCCC1c1ccc(C(F)(F)F)cc1.O=S(=O)(N1CCC(CNc2ncnc(N3CCCCC3c3ccc(C(F)(F)F)cc3)c2F)CC1)C(F)(F)F. The highest BCUT2D eigenvalue weighted by molar-refractivity contribution is 7.90. The minimum atomic E-state index is -5.38. The van der Waals surface area contributed by atoms with E-state index in [1.807, 2.05) is 0 Å². The van der Waals surface area contributed by atoms with Gasteiger partial charge >= 0.3 is 40.2 Å². The summed E-state index contributed by atoms with van der Waals surface area (Å²) >= 11 is 0. The van der Waals surface area contributed by atoms with E-state index in [9.17, 15) is 91.9 Å². The van der Waals surface area contributed by atoms with Crippen LogP contribution in [0.5, 0.6) is 0 Å². The summed E-state index contributed by atoms with van der Waals surface area (Å²) < 4.78 is 354. The first kappa shape index (κ1) is 108. The zero-order valence-electron chi connectivity index (χ0n) is 76.7. The molecule has 4 atom stereocenters. The number of alkyl halides is 18. The molecule has 8 saturated heterocycles. The number of aromatic nitrogens is 8. The maximum absolute atomic E-state index is 15.5. The van der Waals surface area contributed by atoms with E-state index in [1.165, 1.54) is 72.4 Å². The van der Waals surface area contributed by atoms with Gasteiger partial charge in [0.1, 0.15) is 42.3 Å².